The number of rotatable bonds is 6. The van der Waals surface area contributed by atoms with E-state index < -0.39 is 0 Å². The zero-order valence-electron chi connectivity index (χ0n) is 21.1. The van der Waals surface area contributed by atoms with E-state index in [1.807, 2.05) is 28.9 Å². The molecule has 4 heterocycles. The Hall–Kier alpha value is -2.78. The highest BCUT2D eigenvalue weighted by Crippen LogP contribution is 2.45. The number of nitrogens with zero attached hydrogens (tertiary/aromatic N) is 5. The number of aromatic nitrogens is 5. The van der Waals surface area contributed by atoms with Crippen molar-refractivity contribution in [3.8, 4) is 5.75 Å². The van der Waals surface area contributed by atoms with E-state index in [1.165, 1.54) is 38.5 Å². The van der Waals surface area contributed by atoms with Crippen LogP contribution in [0, 0.1) is 5.41 Å². The van der Waals surface area contributed by atoms with E-state index in [0.717, 1.165) is 61.4 Å². The van der Waals surface area contributed by atoms with Crippen LogP contribution in [0.2, 0.25) is 0 Å². The molecule has 9 nitrogen and oxygen atoms in total. The van der Waals surface area contributed by atoms with Gasteiger partial charge in [-0.2, -0.15) is 0 Å². The van der Waals surface area contributed by atoms with Crippen LogP contribution in [0.4, 0.5) is 0 Å². The monoisotopic (exact) mass is 492 g/mol. The molecule has 9 heteroatoms. The molecule has 2 atom stereocenters. The van der Waals surface area contributed by atoms with E-state index in [2.05, 4.69) is 25.4 Å². The first-order valence-electron chi connectivity index (χ1n) is 13.5. The standard InChI is InChI=1S/C27H36N6O3/c1-35-20-9-8-19-15-22(26(34)28-23(19)16-20)24(25-29-30-31-33(25)17-21-7-5-14-36-21)32-13-6-12-27(18-32)10-3-2-4-11-27/h8-9,15-16,21,24H,2-7,10-14,17-18H2,1H3,(H,28,34)/t21-,24+/m0/s1. The molecule has 0 amide bonds. The van der Waals surface area contributed by atoms with Crippen molar-refractivity contribution in [2.24, 2.45) is 5.41 Å². The Kier molecular flexibility index (Phi) is 6.52. The fraction of sp³-hybridized carbons (Fsp3) is 0.630. The van der Waals surface area contributed by atoms with Gasteiger partial charge in [0.05, 0.1) is 25.3 Å². The summed E-state index contributed by atoms with van der Waals surface area (Å²) in [5, 5.41) is 13.9. The van der Waals surface area contributed by atoms with E-state index >= 15 is 0 Å². The minimum absolute atomic E-state index is 0.101. The maximum absolute atomic E-state index is 13.6. The average molecular weight is 493 g/mol. The molecule has 1 aliphatic carbocycles. The third-order valence-corrected chi connectivity index (χ3v) is 8.55. The number of methoxy groups -OCH3 is 1. The summed E-state index contributed by atoms with van der Waals surface area (Å²) in [6.07, 6.45) is 11.1. The molecule has 3 aliphatic rings. The number of tetrazole rings is 1. The molecular formula is C27H36N6O3. The number of piperidine rings is 1. The number of fused-ring (bicyclic) bond motifs is 1. The molecule has 6 rings (SSSR count). The maximum atomic E-state index is 13.6. The minimum atomic E-state index is -0.309. The van der Waals surface area contributed by atoms with E-state index in [4.69, 9.17) is 9.47 Å². The van der Waals surface area contributed by atoms with Crippen LogP contribution in [0.1, 0.15) is 75.2 Å². The van der Waals surface area contributed by atoms with Crippen molar-refractivity contribution in [3.05, 3.63) is 46.0 Å². The lowest BCUT2D eigenvalue weighted by Crippen LogP contribution is -2.47. The predicted octanol–water partition coefficient (Wildman–Crippen LogP) is 3.84. The number of ether oxygens (including phenoxy) is 2. The molecule has 192 valence electrons. The van der Waals surface area contributed by atoms with Gasteiger partial charge in [-0.1, -0.05) is 19.3 Å². The van der Waals surface area contributed by atoms with Crippen molar-refractivity contribution >= 4 is 10.9 Å². The molecule has 1 N–H and O–H groups in total. The lowest BCUT2D eigenvalue weighted by atomic mass is 9.69. The molecule has 1 saturated carbocycles. The second-order valence-electron chi connectivity index (χ2n) is 10.9. The first-order valence-corrected chi connectivity index (χ1v) is 13.5. The van der Waals surface area contributed by atoms with Gasteiger partial charge in [-0.15, -0.1) is 5.10 Å². The van der Waals surface area contributed by atoms with Gasteiger partial charge >= 0.3 is 0 Å². The van der Waals surface area contributed by atoms with Crippen LogP contribution in [0.15, 0.2) is 29.1 Å². The van der Waals surface area contributed by atoms with Gasteiger partial charge in [-0.3, -0.25) is 9.69 Å². The van der Waals surface area contributed by atoms with Gasteiger partial charge in [0.2, 0.25) is 0 Å². The lowest BCUT2D eigenvalue weighted by Gasteiger charge is -2.47. The van der Waals surface area contributed by atoms with E-state index in [0.29, 0.717) is 17.5 Å². The Bertz CT molecular complexity index is 1250. The highest BCUT2D eigenvalue weighted by molar-refractivity contribution is 5.80. The summed E-state index contributed by atoms with van der Waals surface area (Å²) in [5.74, 6) is 1.45. The van der Waals surface area contributed by atoms with Crippen molar-refractivity contribution in [1.29, 1.82) is 0 Å². The number of hydrogen-bond acceptors (Lipinski definition) is 7. The van der Waals surface area contributed by atoms with Crippen LogP contribution in [0.3, 0.4) is 0 Å². The van der Waals surface area contributed by atoms with E-state index in [1.54, 1.807) is 7.11 Å². The zero-order valence-corrected chi connectivity index (χ0v) is 21.1. The summed E-state index contributed by atoms with van der Waals surface area (Å²) in [6.45, 7) is 3.30. The Morgan fingerprint density at radius 2 is 2.03 bits per heavy atom. The quantitative estimate of drug-likeness (QED) is 0.558. The van der Waals surface area contributed by atoms with Crippen LogP contribution in [0.5, 0.6) is 5.75 Å². The molecule has 3 fully saturated rings. The van der Waals surface area contributed by atoms with Crippen LogP contribution in [-0.4, -0.2) is 63.0 Å². The molecule has 36 heavy (non-hydrogen) atoms. The van der Waals surface area contributed by atoms with Gasteiger partial charge in [0.15, 0.2) is 5.82 Å². The predicted molar refractivity (Wildman–Crippen MR) is 136 cm³/mol. The fourth-order valence-electron chi connectivity index (χ4n) is 6.72. The Labute approximate surface area is 211 Å². The fourth-order valence-corrected chi connectivity index (χ4v) is 6.72. The Morgan fingerprint density at radius 3 is 2.83 bits per heavy atom. The van der Waals surface area contributed by atoms with Crippen LogP contribution < -0.4 is 10.3 Å². The molecule has 2 aromatic heterocycles. The van der Waals surface area contributed by atoms with Gasteiger partial charge in [0.25, 0.3) is 5.56 Å². The molecule has 0 radical (unpaired) electrons. The molecule has 3 aromatic rings. The van der Waals surface area contributed by atoms with Crippen LogP contribution in [-0.2, 0) is 11.3 Å². The lowest BCUT2D eigenvalue weighted by molar-refractivity contribution is 0.0326. The van der Waals surface area contributed by atoms with E-state index in [-0.39, 0.29) is 17.7 Å². The summed E-state index contributed by atoms with van der Waals surface area (Å²) < 4.78 is 13.1. The van der Waals surface area contributed by atoms with Crippen molar-refractivity contribution in [1.82, 2.24) is 30.1 Å². The number of aromatic amines is 1. The number of likely N-dealkylation sites (tertiary alicyclic amines) is 1. The molecule has 1 spiro atoms. The topological polar surface area (TPSA) is 98.2 Å². The van der Waals surface area contributed by atoms with Gasteiger partial charge < -0.3 is 14.5 Å². The van der Waals surface area contributed by atoms with Crippen molar-refractivity contribution in [2.45, 2.75) is 76.5 Å². The Morgan fingerprint density at radius 1 is 1.17 bits per heavy atom. The summed E-state index contributed by atoms with van der Waals surface area (Å²) in [5.41, 5.74) is 1.70. The summed E-state index contributed by atoms with van der Waals surface area (Å²) >= 11 is 0. The first-order chi connectivity index (χ1) is 17.6. The highest BCUT2D eigenvalue weighted by atomic mass is 16.5. The van der Waals surface area contributed by atoms with Crippen LogP contribution in [0.25, 0.3) is 10.9 Å². The van der Waals surface area contributed by atoms with Crippen molar-refractivity contribution < 1.29 is 9.47 Å². The molecule has 0 unspecified atom stereocenters. The summed E-state index contributed by atoms with van der Waals surface area (Å²) in [7, 11) is 1.63. The maximum Gasteiger partial charge on any atom is 0.253 e. The second kappa shape index (κ2) is 9.94. The van der Waals surface area contributed by atoms with Gasteiger partial charge in [-0.05, 0) is 84.5 Å². The zero-order chi connectivity index (χ0) is 24.5. The van der Waals surface area contributed by atoms with Crippen molar-refractivity contribution in [3.63, 3.8) is 0 Å². The largest absolute Gasteiger partial charge is 0.497 e. The highest BCUT2D eigenvalue weighted by Gasteiger charge is 2.41. The number of H-pyrrole nitrogens is 1. The van der Waals surface area contributed by atoms with Crippen LogP contribution >= 0.6 is 0 Å². The average Bonchev–Trinajstić information content (AvgIpc) is 3.58. The molecule has 2 saturated heterocycles. The summed E-state index contributed by atoms with van der Waals surface area (Å²) in [6, 6.07) is 7.51. The molecule has 0 bridgehead atoms. The number of hydrogen-bond donors (Lipinski definition) is 1. The minimum Gasteiger partial charge on any atom is -0.497 e. The van der Waals surface area contributed by atoms with Gasteiger partial charge in [0, 0.05) is 24.8 Å². The second-order valence-corrected chi connectivity index (χ2v) is 10.9. The van der Waals surface area contributed by atoms with Gasteiger partial charge in [-0.25, -0.2) is 4.68 Å². The number of pyridine rings is 1. The summed E-state index contributed by atoms with van der Waals surface area (Å²) in [4.78, 5) is 19.2. The smallest absolute Gasteiger partial charge is 0.253 e. The normalized spacial score (nSPS) is 23.3. The first kappa shape index (κ1) is 23.6. The van der Waals surface area contributed by atoms with Gasteiger partial charge in [0.1, 0.15) is 11.8 Å². The van der Waals surface area contributed by atoms with E-state index in [9.17, 15) is 4.79 Å². The number of nitrogens with one attached hydrogen (secondary N) is 1. The Balaban J connectivity index is 1.43. The number of benzene rings is 1. The SMILES string of the molecule is COc1ccc2cc([C@H](c3nnnn3C[C@@H]3CCCO3)N3CCCC4(CCCCC4)C3)c(=O)[nH]c2c1. The molecular weight excluding hydrogens is 456 g/mol. The molecule has 1 aromatic carbocycles. The molecule has 2 aliphatic heterocycles. The third-order valence-electron chi connectivity index (χ3n) is 8.55. The van der Waals surface area contributed by atoms with Crippen molar-refractivity contribution in [2.75, 3.05) is 26.8 Å². The third kappa shape index (κ3) is 4.54.